The third-order valence-electron chi connectivity index (χ3n) is 6.42. The van der Waals surface area contributed by atoms with Gasteiger partial charge in [-0.15, -0.1) is 11.3 Å². The zero-order chi connectivity index (χ0) is 22.9. The Morgan fingerprint density at radius 1 is 1.22 bits per heavy atom. The van der Waals surface area contributed by atoms with Crippen LogP contribution in [0.2, 0.25) is 0 Å². The molecule has 4 heterocycles. The lowest BCUT2D eigenvalue weighted by molar-refractivity contribution is -0.120. The molecule has 2 fully saturated rings. The van der Waals surface area contributed by atoms with Crippen molar-refractivity contribution in [2.45, 2.75) is 51.1 Å². The molecule has 1 atom stereocenters. The molecule has 4 rings (SSSR count). The molecule has 0 radical (unpaired) electrons. The Balaban J connectivity index is 1.29. The van der Waals surface area contributed by atoms with Crippen LogP contribution in [0.15, 0.2) is 16.6 Å². The van der Waals surface area contributed by atoms with E-state index in [4.69, 9.17) is 0 Å². The summed E-state index contributed by atoms with van der Waals surface area (Å²) in [5.74, 6) is 1.07. The topological polar surface area (TPSA) is 100 Å². The van der Waals surface area contributed by atoms with Crippen molar-refractivity contribution >= 4 is 32.4 Å². The number of thiazole rings is 1. The summed E-state index contributed by atoms with van der Waals surface area (Å²) in [7, 11) is -1.86. The summed E-state index contributed by atoms with van der Waals surface area (Å²) in [6.45, 7) is 7.69. The van der Waals surface area contributed by atoms with Gasteiger partial charge < -0.3 is 9.88 Å². The molecule has 32 heavy (non-hydrogen) atoms. The highest BCUT2D eigenvalue weighted by molar-refractivity contribution is 7.89. The molecule has 1 N–H and O–H groups in total. The molecular weight excluding hydrogens is 448 g/mol. The molecule has 2 aliphatic rings. The first kappa shape index (κ1) is 23.3. The summed E-state index contributed by atoms with van der Waals surface area (Å²) >= 11 is 1.45. The van der Waals surface area contributed by atoms with Gasteiger partial charge in [0.2, 0.25) is 5.91 Å². The average molecular weight is 481 g/mol. The maximum absolute atomic E-state index is 12.8. The van der Waals surface area contributed by atoms with E-state index in [0.29, 0.717) is 36.9 Å². The zero-order valence-electron chi connectivity index (χ0n) is 19.0. The number of nitrogens with one attached hydrogen (secondary N) is 1. The molecule has 0 aliphatic carbocycles. The van der Waals surface area contributed by atoms with Crippen LogP contribution < -0.4 is 5.32 Å². The van der Waals surface area contributed by atoms with Crippen LogP contribution in [0.25, 0.3) is 0 Å². The van der Waals surface area contributed by atoms with E-state index in [1.807, 2.05) is 5.38 Å². The quantitative estimate of drug-likeness (QED) is 0.682. The summed E-state index contributed by atoms with van der Waals surface area (Å²) in [6, 6.07) is 0. The van der Waals surface area contributed by atoms with Crippen LogP contribution in [0.3, 0.4) is 0 Å². The van der Waals surface area contributed by atoms with Crippen LogP contribution in [-0.2, 0) is 28.4 Å². The lowest BCUT2D eigenvalue weighted by Gasteiger charge is -2.30. The predicted molar refractivity (Wildman–Crippen MR) is 124 cm³/mol. The van der Waals surface area contributed by atoms with Crippen LogP contribution in [-0.4, -0.2) is 64.2 Å². The molecule has 1 amide bonds. The van der Waals surface area contributed by atoms with Crippen molar-refractivity contribution in [2.75, 3.05) is 31.5 Å². The van der Waals surface area contributed by atoms with Crippen molar-refractivity contribution in [1.29, 1.82) is 0 Å². The number of carbonyl (C=O) groups is 1. The minimum absolute atomic E-state index is 0.0683. The maximum atomic E-state index is 12.8. The van der Waals surface area contributed by atoms with E-state index in [1.165, 1.54) is 34.7 Å². The first-order chi connectivity index (χ1) is 15.2. The van der Waals surface area contributed by atoms with Crippen LogP contribution in [0.5, 0.6) is 0 Å². The molecular formula is C21H32N6O3S2. The van der Waals surface area contributed by atoms with Crippen LogP contribution in [0.4, 0.5) is 5.13 Å². The number of carbonyl (C=O) groups excluding carboxylic acids is 1. The number of likely N-dealkylation sites (tertiary alicyclic amines) is 1. The molecule has 2 aromatic heterocycles. The number of sulfonamides is 1. The minimum Gasteiger partial charge on any atom is -0.337 e. The second-order valence-electron chi connectivity index (χ2n) is 9.03. The second-order valence-corrected chi connectivity index (χ2v) is 11.8. The standard InChI is InChI=1S/C21H32N6O3S2/c1-15-5-4-8-26(11-15)12-18-14-31-21(23-18)24-20(28)17-6-9-27(10-7-17)32(29,30)19-13-25(3)16(2)22-19/h13-15,17H,4-12H2,1-3H3,(H,23,24,28). The largest absolute Gasteiger partial charge is 0.337 e. The van der Waals surface area contributed by atoms with E-state index in [0.717, 1.165) is 31.2 Å². The Hall–Kier alpha value is -1.82. The monoisotopic (exact) mass is 480 g/mol. The van der Waals surface area contributed by atoms with Gasteiger partial charge in [0.25, 0.3) is 10.0 Å². The van der Waals surface area contributed by atoms with Gasteiger partial charge in [-0.3, -0.25) is 9.69 Å². The van der Waals surface area contributed by atoms with E-state index in [1.54, 1.807) is 18.5 Å². The fraction of sp³-hybridized carbons (Fsp3) is 0.667. The molecule has 9 nitrogen and oxygen atoms in total. The Labute approximate surface area is 193 Å². The molecule has 1 unspecified atom stereocenters. The number of piperidine rings is 2. The lowest BCUT2D eigenvalue weighted by atomic mass is 9.97. The number of anilines is 1. The van der Waals surface area contributed by atoms with Crippen molar-refractivity contribution < 1.29 is 13.2 Å². The molecule has 2 saturated heterocycles. The summed E-state index contributed by atoms with van der Waals surface area (Å²) in [5.41, 5.74) is 0.992. The number of nitrogens with zero attached hydrogens (tertiary/aromatic N) is 5. The van der Waals surface area contributed by atoms with Crippen molar-refractivity contribution in [2.24, 2.45) is 18.9 Å². The minimum atomic E-state index is -3.63. The summed E-state index contributed by atoms with van der Waals surface area (Å²) in [6.07, 6.45) is 5.02. The van der Waals surface area contributed by atoms with Gasteiger partial charge in [0.15, 0.2) is 10.2 Å². The fourth-order valence-corrected chi connectivity index (χ4v) is 6.64. The third-order valence-corrected chi connectivity index (χ3v) is 9.00. The Morgan fingerprint density at radius 2 is 1.97 bits per heavy atom. The van der Waals surface area contributed by atoms with Crippen LogP contribution in [0, 0.1) is 18.8 Å². The molecule has 0 spiro atoms. The van der Waals surface area contributed by atoms with E-state index in [2.05, 4.69) is 27.1 Å². The highest BCUT2D eigenvalue weighted by atomic mass is 32.2. The average Bonchev–Trinajstić information content (AvgIpc) is 3.34. The highest BCUT2D eigenvalue weighted by Gasteiger charge is 2.33. The molecule has 2 aliphatic heterocycles. The Morgan fingerprint density at radius 3 is 2.62 bits per heavy atom. The van der Waals surface area contributed by atoms with Crippen LogP contribution >= 0.6 is 11.3 Å². The van der Waals surface area contributed by atoms with Gasteiger partial charge in [-0.2, -0.15) is 4.31 Å². The number of hydrogen-bond acceptors (Lipinski definition) is 7. The normalized spacial score (nSPS) is 21.7. The number of aryl methyl sites for hydroxylation is 2. The van der Waals surface area contributed by atoms with Gasteiger partial charge in [0.1, 0.15) is 5.82 Å². The van der Waals surface area contributed by atoms with E-state index < -0.39 is 10.0 Å². The van der Waals surface area contributed by atoms with E-state index >= 15 is 0 Å². The second kappa shape index (κ2) is 9.58. The van der Waals surface area contributed by atoms with Crippen molar-refractivity contribution in [3.63, 3.8) is 0 Å². The fourth-order valence-electron chi connectivity index (χ4n) is 4.45. The lowest BCUT2D eigenvalue weighted by Crippen LogP contribution is -2.41. The highest BCUT2D eigenvalue weighted by Crippen LogP contribution is 2.26. The molecule has 0 saturated carbocycles. The van der Waals surface area contributed by atoms with Gasteiger partial charge >= 0.3 is 0 Å². The molecule has 176 valence electrons. The molecule has 2 aromatic rings. The van der Waals surface area contributed by atoms with Gasteiger partial charge in [0.05, 0.1) is 5.69 Å². The summed E-state index contributed by atoms with van der Waals surface area (Å²) < 4.78 is 28.8. The predicted octanol–water partition coefficient (Wildman–Crippen LogP) is 2.46. The number of rotatable bonds is 6. The van der Waals surface area contributed by atoms with E-state index in [-0.39, 0.29) is 16.9 Å². The number of imidazole rings is 1. The van der Waals surface area contributed by atoms with Gasteiger partial charge in [0, 0.05) is 50.7 Å². The van der Waals surface area contributed by atoms with Gasteiger partial charge in [-0.25, -0.2) is 18.4 Å². The summed E-state index contributed by atoms with van der Waals surface area (Å²) in [5, 5.41) is 5.64. The van der Waals surface area contributed by atoms with Gasteiger partial charge in [-0.05, 0) is 45.1 Å². The maximum Gasteiger partial charge on any atom is 0.262 e. The Kier molecular flexibility index (Phi) is 6.99. The summed E-state index contributed by atoms with van der Waals surface area (Å²) in [4.78, 5) is 23.9. The third kappa shape index (κ3) is 5.22. The van der Waals surface area contributed by atoms with Gasteiger partial charge in [-0.1, -0.05) is 6.92 Å². The molecule has 0 bridgehead atoms. The van der Waals surface area contributed by atoms with Crippen molar-refractivity contribution in [3.8, 4) is 0 Å². The molecule has 0 aromatic carbocycles. The van der Waals surface area contributed by atoms with Crippen molar-refractivity contribution in [1.82, 2.24) is 23.7 Å². The first-order valence-electron chi connectivity index (χ1n) is 11.2. The van der Waals surface area contributed by atoms with Crippen molar-refractivity contribution in [3.05, 3.63) is 23.1 Å². The SMILES string of the molecule is Cc1nc(S(=O)(=O)N2CCC(C(=O)Nc3nc(CN4CCCC(C)C4)cs3)CC2)cn1C. The van der Waals surface area contributed by atoms with E-state index in [9.17, 15) is 13.2 Å². The number of aromatic nitrogens is 3. The van der Waals surface area contributed by atoms with Crippen LogP contribution in [0.1, 0.15) is 44.1 Å². The smallest absolute Gasteiger partial charge is 0.262 e. The Bertz CT molecular complexity index is 1040. The first-order valence-corrected chi connectivity index (χ1v) is 13.5. The zero-order valence-corrected chi connectivity index (χ0v) is 20.6. The number of hydrogen-bond donors (Lipinski definition) is 1. The number of amides is 1. The molecule has 11 heteroatoms.